The first-order valence-corrected chi connectivity index (χ1v) is 8.42. The molecule has 1 heterocycles. The zero-order chi connectivity index (χ0) is 19.2. The van der Waals surface area contributed by atoms with Crippen molar-refractivity contribution in [2.45, 2.75) is 6.92 Å². The standard InChI is InChI=1S/C21H21N3O3/c1-14-4-7-16(8-5-14)23-20-11-6-15(13-22-20)21(25)24-18-10-9-17(26-2)12-19(18)27-3/h4-13H,1-3H3,(H,22,23)(H,24,25). The average molecular weight is 363 g/mol. The number of hydrogen-bond acceptors (Lipinski definition) is 5. The van der Waals surface area contributed by atoms with E-state index < -0.39 is 0 Å². The minimum Gasteiger partial charge on any atom is -0.497 e. The van der Waals surface area contributed by atoms with Gasteiger partial charge >= 0.3 is 0 Å². The van der Waals surface area contributed by atoms with Gasteiger partial charge in [-0.1, -0.05) is 17.7 Å². The van der Waals surface area contributed by atoms with Crippen molar-refractivity contribution < 1.29 is 14.3 Å². The molecule has 0 aliphatic rings. The minimum atomic E-state index is -0.271. The zero-order valence-corrected chi connectivity index (χ0v) is 15.4. The van der Waals surface area contributed by atoms with Crippen LogP contribution in [0.4, 0.5) is 17.2 Å². The molecule has 3 aromatic rings. The number of hydrogen-bond donors (Lipinski definition) is 2. The van der Waals surface area contributed by atoms with Crippen LogP contribution in [0.15, 0.2) is 60.8 Å². The highest BCUT2D eigenvalue weighted by atomic mass is 16.5. The summed E-state index contributed by atoms with van der Waals surface area (Å²) >= 11 is 0. The highest BCUT2D eigenvalue weighted by Crippen LogP contribution is 2.29. The van der Waals surface area contributed by atoms with Gasteiger partial charge in [0, 0.05) is 18.0 Å². The van der Waals surface area contributed by atoms with Gasteiger partial charge in [-0.2, -0.15) is 0 Å². The molecule has 138 valence electrons. The topological polar surface area (TPSA) is 72.5 Å². The summed E-state index contributed by atoms with van der Waals surface area (Å²) in [5.41, 5.74) is 3.13. The van der Waals surface area contributed by atoms with Crippen molar-refractivity contribution in [2.24, 2.45) is 0 Å². The predicted octanol–water partition coefficient (Wildman–Crippen LogP) is 4.40. The fraction of sp³-hybridized carbons (Fsp3) is 0.143. The molecule has 0 radical (unpaired) electrons. The van der Waals surface area contributed by atoms with Gasteiger partial charge in [0.1, 0.15) is 17.3 Å². The number of methoxy groups -OCH3 is 2. The van der Waals surface area contributed by atoms with Crippen LogP contribution in [-0.2, 0) is 0 Å². The van der Waals surface area contributed by atoms with Crippen LogP contribution in [0, 0.1) is 6.92 Å². The van der Waals surface area contributed by atoms with E-state index in [9.17, 15) is 4.79 Å². The Morgan fingerprint density at radius 2 is 1.74 bits per heavy atom. The van der Waals surface area contributed by atoms with Crippen LogP contribution in [0.1, 0.15) is 15.9 Å². The van der Waals surface area contributed by atoms with Gasteiger partial charge < -0.3 is 20.1 Å². The number of amides is 1. The Bertz CT molecular complexity index is 922. The second kappa shape index (κ2) is 8.23. The van der Waals surface area contributed by atoms with Crippen LogP contribution in [0.25, 0.3) is 0 Å². The smallest absolute Gasteiger partial charge is 0.257 e. The second-order valence-electron chi connectivity index (χ2n) is 5.94. The summed E-state index contributed by atoms with van der Waals surface area (Å²) in [6.45, 7) is 2.03. The number of ether oxygens (including phenoxy) is 2. The Balaban J connectivity index is 1.69. The molecule has 3 rings (SSSR count). The highest BCUT2D eigenvalue weighted by Gasteiger charge is 2.11. The van der Waals surface area contributed by atoms with Crippen molar-refractivity contribution in [3.05, 3.63) is 71.9 Å². The maximum atomic E-state index is 12.5. The van der Waals surface area contributed by atoms with Crippen LogP contribution >= 0.6 is 0 Å². The van der Waals surface area contributed by atoms with E-state index >= 15 is 0 Å². The van der Waals surface area contributed by atoms with Crippen molar-refractivity contribution in [3.63, 3.8) is 0 Å². The molecule has 2 aromatic carbocycles. The van der Waals surface area contributed by atoms with Crippen LogP contribution < -0.4 is 20.1 Å². The quantitative estimate of drug-likeness (QED) is 0.679. The van der Waals surface area contributed by atoms with Crippen molar-refractivity contribution in [2.75, 3.05) is 24.9 Å². The fourth-order valence-corrected chi connectivity index (χ4v) is 2.48. The van der Waals surface area contributed by atoms with E-state index in [1.54, 1.807) is 37.4 Å². The van der Waals surface area contributed by atoms with E-state index in [1.807, 2.05) is 31.2 Å². The number of carbonyl (C=O) groups is 1. The van der Waals surface area contributed by atoms with Crippen molar-refractivity contribution >= 4 is 23.1 Å². The van der Waals surface area contributed by atoms with Crippen molar-refractivity contribution in [3.8, 4) is 11.5 Å². The summed E-state index contributed by atoms with van der Waals surface area (Å²) in [6.07, 6.45) is 1.53. The Morgan fingerprint density at radius 1 is 0.963 bits per heavy atom. The number of nitrogens with one attached hydrogen (secondary N) is 2. The number of aromatic nitrogens is 1. The third-order valence-corrected chi connectivity index (χ3v) is 4.01. The molecular formula is C21H21N3O3. The lowest BCUT2D eigenvalue weighted by atomic mass is 10.2. The first kappa shape index (κ1) is 18.3. The van der Waals surface area contributed by atoms with Crippen LogP contribution in [0.5, 0.6) is 11.5 Å². The summed E-state index contributed by atoms with van der Waals surface area (Å²) in [7, 11) is 3.11. The summed E-state index contributed by atoms with van der Waals surface area (Å²) in [4.78, 5) is 16.8. The van der Waals surface area contributed by atoms with Gasteiger partial charge in [-0.25, -0.2) is 4.98 Å². The maximum Gasteiger partial charge on any atom is 0.257 e. The van der Waals surface area contributed by atoms with Gasteiger partial charge in [-0.3, -0.25) is 4.79 Å². The molecule has 2 N–H and O–H groups in total. The number of anilines is 3. The number of benzene rings is 2. The van der Waals surface area contributed by atoms with Crippen LogP contribution in [0.2, 0.25) is 0 Å². The zero-order valence-electron chi connectivity index (χ0n) is 15.4. The lowest BCUT2D eigenvalue weighted by Crippen LogP contribution is -2.13. The minimum absolute atomic E-state index is 0.271. The first-order valence-electron chi connectivity index (χ1n) is 8.42. The van der Waals surface area contributed by atoms with Gasteiger partial charge in [0.05, 0.1) is 25.5 Å². The lowest BCUT2D eigenvalue weighted by molar-refractivity contribution is 0.102. The van der Waals surface area contributed by atoms with E-state index in [0.717, 1.165) is 5.69 Å². The molecular weight excluding hydrogens is 342 g/mol. The second-order valence-corrected chi connectivity index (χ2v) is 5.94. The Labute approximate surface area is 158 Å². The summed E-state index contributed by atoms with van der Waals surface area (Å²) in [5.74, 6) is 1.57. The number of aryl methyl sites for hydroxylation is 1. The number of carbonyl (C=O) groups excluding carboxylic acids is 1. The molecule has 0 atom stereocenters. The third kappa shape index (κ3) is 4.55. The third-order valence-electron chi connectivity index (χ3n) is 4.01. The molecule has 0 saturated carbocycles. The molecule has 0 fully saturated rings. The molecule has 0 unspecified atom stereocenters. The highest BCUT2D eigenvalue weighted by molar-refractivity contribution is 6.05. The van der Waals surface area contributed by atoms with Gasteiger partial charge in [-0.05, 0) is 43.3 Å². The van der Waals surface area contributed by atoms with Crippen LogP contribution in [-0.4, -0.2) is 25.1 Å². The molecule has 1 aromatic heterocycles. The molecule has 0 aliphatic heterocycles. The van der Waals surface area contributed by atoms with Gasteiger partial charge in [0.25, 0.3) is 5.91 Å². The molecule has 0 spiro atoms. The summed E-state index contributed by atoms with van der Waals surface area (Å²) in [6, 6.07) is 16.7. The van der Waals surface area contributed by atoms with E-state index in [0.29, 0.717) is 28.6 Å². The number of rotatable bonds is 6. The van der Waals surface area contributed by atoms with E-state index in [-0.39, 0.29) is 5.91 Å². The Morgan fingerprint density at radius 3 is 2.37 bits per heavy atom. The number of nitrogens with zero attached hydrogens (tertiary/aromatic N) is 1. The SMILES string of the molecule is COc1ccc(NC(=O)c2ccc(Nc3ccc(C)cc3)nc2)c(OC)c1. The van der Waals surface area contributed by atoms with Crippen LogP contribution in [0.3, 0.4) is 0 Å². The largest absolute Gasteiger partial charge is 0.497 e. The summed E-state index contributed by atoms with van der Waals surface area (Å²) < 4.78 is 10.5. The van der Waals surface area contributed by atoms with Crippen molar-refractivity contribution in [1.82, 2.24) is 4.98 Å². The molecule has 1 amide bonds. The normalized spacial score (nSPS) is 10.2. The molecule has 6 heteroatoms. The van der Waals surface area contributed by atoms with Gasteiger partial charge in [-0.15, -0.1) is 0 Å². The monoisotopic (exact) mass is 363 g/mol. The molecule has 0 bridgehead atoms. The average Bonchev–Trinajstić information content (AvgIpc) is 2.70. The van der Waals surface area contributed by atoms with Gasteiger partial charge in [0.15, 0.2) is 0 Å². The lowest BCUT2D eigenvalue weighted by Gasteiger charge is -2.12. The molecule has 0 aliphatic carbocycles. The van der Waals surface area contributed by atoms with Crippen molar-refractivity contribution in [1.29, 1.82) is 0 Å². The van der Waals surface area contributed by atoms with E-state index in [2.05, 4.69) is 15.6 Å². The first-order chi connectivity index (χ1) is 13.1. The molecule has 27 heavy (non-hydrogen) atoms. The number of pyridine rings is 1. The predicted molar refractivity (Wildman–Crippen MR) is 106 cm³/mol. The summed E-state index contributed by atoms with van der Waals surface area (Å²) in [5, 5.41) is 6.03. The van der Waals surface area contributed by atoms with E-state index in [1.165, 1.54) is 18.9 Å². The fourth-order valence-electron chi connectivity index (χ4n) is 2.48. The Kier molecular flexibility index (Phi) is 5.56. The maximum absolute atomic E-state index is 12.5. The van der Waals surface area contributed by atoms with Gasteiger partial charge in [0.2, 0.25) is 0 Å². The van der Waals surface area contributed by atoms with E-state index in [4.69, 9.17) is 9.47 Å². The molecule has 6 nitrogen and oxygen atoms in total. The Hall–Kier alpha value is -3.54. The molecule has 0 saturated heterocycles.